The third-order valence-electron chi connectivity index (χ3n) is 4.31. The summed E-state index contributed by atoms with van der Waals surface area (Å²) in [4.78, 5) is 11.9. The summed E-state index contributed by atoms with van der Waals surface area (Å²) >= 11 is 0.911. The molecule has 0 bridgehead atoms. The van der Waals surface area contributed by atoms with Gasteiger partial charge < -0.3 is 5.11 Å². The fourth-order valence-corrected chi connectivity index (χ4v) is 3.88. The number of rotatable bonds is 7. The molecule has 3 rings (SSSR count). The van der Waals surface area contributed by atoms with Crippen molar-refractivity contribution in [1.82, 2.24) is 0 Å². The van der Waals surface area contributed by atoms with Crippen molar-refractivity contribution in [3.63, 3.8) is 0 Å². The molecule has 144 valence electrons. The minimum atomic E-state index is -2.49. The molecule has 0 spiro atoms. The maximum Gasteiger partial charge on any atom is 0.327 e. The van der Waals surface area contributed by atoms with Gasteiger partial charge in [0.05, 0.1) is 5.69 Å². The summed E-state index contributed by atoms with van der Waals surface area (Å²) in [7, 11) is 0. The van der Waals surface area contributed by atoms with Crippen molar-refractivity contribution in [2.45, 2.75) is 12.5 Å². The van der Waals surface area contributed by atoms with Crippen LogP contribution in [-0.4, -0.2) is 25.9 Å². The number of halogens is 1. The van der Waals surface area contributed by atoms with Gasteiger partial charge in [-0.2, -0.15) is 0 Å². The highest BCUT2D eigenvalue weighted by atomic mass is 79.9. The van der Waals surface area contributed by atoms with E-state index in [9.17, 15) is 18.7 Å². The summed E-state index contributed by atoms with van der Waals surface area (Å²) in [6, 6.07) is 22.6. The van der Waals surface area contributed by atoms with Crippen LogP contribution in [0.25, 0.3) is 11.1 Å². The van der Waals surface area contributed by atoms with Gasteiger partial charge in [-0.3, -0.25) is 8.86 Å². The second kappa shape index (κ2) is 9.14. The fourth-order valence-electron chi connectivity index (χ4n) is 2.93. The lowest BCUT2D eigenvalue weighted by Crippen LogP contribution is -2.44. The number of benzene rings is 3. The van der Waals surface area contributed by atoms with Crippen LogP contribution in [0, 0.1) is 0 Å². The van der Waals surface area contributed by atoms with Crippen molar-refractivity contribution >= 4 is 38.9 Å². The molecule has 0 amide bonds. The van der Waals surface area contributed by atoms with Crippen molar-refractivity contribution in [2.75, 3.05) is 4.31 Å². The van der Waals surface area contributed by atoms with Gasteiger partial charge in [0.2, 0.25) is 0 Å². The van der Waals surface area contributed by atoms with Gasteiger partial charge in [-0.1, -0.05) is 70.5 Å². The lowest BCUT2D eigenvalue weighted by molar-refractivity contribution is -0.138. The molecule has 0 aliphatic rings. The number of carboxylic acids is 1. The van der Waals surface area contributed by atoms with Crippen molar-refractivity contribution in [2.24, 2.45) is 0 Å². The van der Waals surface area contributed by atoms with Crippen LogP contribution in [0.5, 0.6) is 0 Å². The van der Waals surface area contributed by atoms with Crippen LogP contribution in [-0.2, 0) is 22.5 Å². The lowest BCUT2D eigenvalue weighted by atomic mass is 10.0. The van der Waals surface area contributed by atoms with Gasteiger partial charge >= 0.3 is 5.97 Å². The Morgan fingerprint density at radius 1 is 0.929 bits per heavy atom. The van der Waals surface area contributed by atoms with Crippen molar-refractivity contribution in [1.29, 1.82) is 0 Å². The quantitative estimate of drug-likeness (QED) is 0.499. The Labute approximate surface area is 174 Å². The third-order valence-corrected chi connectivity index (χ3v) is 5.64. The average molecular weight is 460 g/mol. The van der Waals surface area contributed by atoms with Gasteiger partial charge in [0, 0.05) is 10.9 Å². The van der Waals surface area contributed by atoms with E-state index >= 15 is 0 Å². The average Bonchev–Trinajstić information content (AvgIpc) is 2.69. The molecule has 5 nitrogen and oxygen atoms in total. The Bertz CT molecular complexity index is 962. The molecule has 0 fully saturated rings. The molecule has 2 atom stereocenters. The minimum Gasteiger partial charge on any atom is -0.480 e. The van der Waals surface area contributed by atoms with Crippen molar-refractivity contribution in [3.05, 3.63) is 88.9 Å². The number of anilines is 1. The van der Waals surface area contributed by atoms with Gasteiger partial charge in [0.1, 0.15) is 6.04 Å². The summed E-state index contributed by atoms with van der Waals surface area (Å²) in [6.07, 6.45) is 0.108. The smallest absolute Gasteiger partial charge is 0.327 e. The molecule has 28 heavy (non-hydrogen) atoms. The van der Waals surface area contributed by atoms with Gasteiger partial charge in [0.15, 0.2) is 0 Å². The molecule has 7 heteroatoms. The van der Waals surface area contributed by atoms with E-state index in [0.29, 0.717) is 5.69 Å². The molecule has 0 saturated carbocycles. The van der Waals surface area contributed by atoms with Gasteiger partial charge in [-0.15, -0.1) is 0 Å². The van der Waals surface area contributed by atoms with Crippen LogP contribution in [0.3, 0.4) is 0 Å². The van der Waals surface area contributed by atoms with Crippen LogP contribution in [0.2, 0.25) is 0 Å². The number of hydrogen-bond donors (Lipinski definition) is 2. The highest BCUT2D eigenvalue weighted by Crippen LogP contribution is 2.27. The molecule has 0 radical (unpaired) electrons. The Hall–Kier alpha value is -2.48. The number of carboxylic acid groups (broad SMARTS) is 1. The largest absolute Gasteiger partial charge is 0.480 e. The first kappa shape index (κ1) is 20.3. The van der Waals surface area contributed by atoms with Gasteiger partial charge in [-0.05, 0) is 41.0 Å². The Morgan fingerprint density at radius 3 is 1.96 bits per heavy atom. The molecule has 0 aromatic heterocycles. The number of aliphatic carboxylic acids is 1. The maximum atomic E-state index is 12.0. The zero-order chi connectivity index (χ0) is 20.1. The zero-order valence-corrected chi connectivity index (χ0v) is 17.1. The lowest BCUT2D eigenvalue weighted by Gasteiger charge is -2.27. The molecule has 0 saturated heterocycles. The minimum absolute atomic E-state index is 0.108. The third kappa shape index (κ3) is 4.86. The van der Waals surface area contributed by atoms with E-state index in [0.717, 1.165) is 25.5 Å². The van der Waals surface area contributed by atoms with E-state index in [-0.39, 0.29) is 6.42 Å². The van der Waals surface area contributed by atoms with Crippen LogP contribution >= 0.6 is 15.9 Å². The molecule has 0 aliphatic heterocycles. The van der Waals surface area contributed by atoms with E-state index in [1.54, 1.807) is 36.4 Å². The highest BCUT2D eigenvalue weighted by Gasteiger charge is 2.30. The first-order chi connectivity index (χ1) is 13.5. The van der Waals surface area contributed by atoms with E-state index < -0.39 is 23.3 Å². The topological polar surface area (TPSA) is 77.8 Å². The maximum absolute atomic E-state index is 12.0. The van der Waals surface area contributed by atoms with Crippen LogP contribution < -0.4 is 4.31 Å². The standard InChI is InChI=1S/C21H18BrNO4S/c22-18-10-6-16(7-11-18)17-8-12-19(13-9-17)23(28(26)27)20(21(24)25)14-15-4-2-1-3-5-15/h1-13,20H,14H2,(H,24,25)(H,26,27). The summed E-state index contributed by atoms with van der Waals surface area (Å²) < 4.78 is 23.8. The number of nitrogens with zero attached hydrogens (tertiary/aromatic N) is 1. The Kier molecular flexibility index (Phi) is 6.61. The molecule has 2 N–H and O–H groups in total. The zero-order valence-electron chi connectivity index (χ0n) is 14.7. The molecule has 3 aromatic carbocycles. The highest BCUT2D eigenvalue weighted by molar-refractivity contribution is 9.10. The van der Waals surface area contributed by atoms with Crippen LogP contribution in [0.4, 0.5) is 5.69 Å². The predicted octanol–water partition coefficient (Wildman–Crippen LogP) is 4.76. The van der Waals surface area contributed by atoms with Crippen molar-refractivity contribution in [3.8, 4) is 11.1 Å². The first-order valence-corrected chi connectivity index (χ1v) is 10.3. The van der Waals surface area contributed by atoms with E-state index in [4.69, 9.17) is 0 Å². The molecule has 2 unspecified atom stereocenters. The molecule has 0 aliphatic carbocycles. The van der Waals surface area contributed by atoms with E-state index in [1.807, 2.05) is 42.5 Å². The summed E-state index contributed by atoms with van der Waals surface area (Å²) in [6.45, 7) is 0. The molecular weight excluding hydrogens is 442 g/mol. The second-order valence-electron chi connectivity index (χ2n) is 6.15. The summed E-state index contributed by atoms with van der Waals surface area (Å²) in [5.41, 5.74) is 3.06. The Balaban J connectivity index is 1.90. The van der Waals surface area contributed by atoms with E-state index in [1.165, 1.54) is 0 Å². The predicted molar refractivity (Wildman–Crippen MR) is 114 cm³/mol. The normalized spacial score (nSPS) is 12.9. The van der Waals surface area contributed by atoms with Gasteiger partial charge in [-0.25, -0.2) is 9.00 Å². The molecular formula is C21H18BrNO4S. The molecule has 3 aromatic rings. The number of carbonyl (C=O) groups is 1. The molecule has 0 heterocycles. The van der Waals surface area contributed by atoms with Crippen LogP contribution in [0.1, 0.15) is 5.56 Å². The second-order valence-corrected chi connectivity index (χ2v) is 7.92. The van der Waals surface area contributed by atoms with Crippen molar-refractivity contribution < 1.29 is 18.7 Å². The summed E-state index contributed by atoms with van der Waals surface area (Å²) in [5, 5.41) is 9.68. The Morgan fingerprint density at radius 2 is 1.46 bits per heavy atom. The van der Waals surface area contributed by atoms with Gasteiger partial charge in [0.25, 0.3) is 11.3 Å². The first-order valence-electron chi connectivity index (χ1n) is 8.48. The van der Waals surface area contributed by atoms with E-state index in [2.05, 4.69) is 15.9 Å². The summed E-state index contributed by atoms with van der Waals surface area (Å²) in [5.74, 6) is -1.16. The SMILES string of the molecule is O=C(O)C(Cc1ccccc1)N(c1ccc(-c2ccc(Br)cc2)cc1)S(=O)O. The van der Waals surface area contributed by atoms with Crippen LogP contribution in [0.15, 0.2) is 83.3 Å². The monoisotopic (exact) mass is 459 g/mol. The number of hydrogen-bond acceptors (Lipinski definition) is 2. The fraction of sp³-hybridized carbons (Fsp3) is 0.0952.